The molecule has 2 amide bonds. The molecule has 8 heteroatoms. The number of imide groups is 1. The maximum absolute atomic E-state index is 11.2. The first-order valence-electron chi connectivity index (χ1n) is 5.90. The molecule has 0 N–H and O–H groups in total. The van der Waals surface area contributed by atoms with Crippen LogP contribution in [-0.2, 0) is 28.7 Å². The van der Waals surface area contributed by atoms with Gasteiger partial charge in [0.05, 0.1) is 13.2 Å². The van der Waals surface area contributed by atoms with E-state index < -0.39 is 18.0 Å². The second-order valence-electron chi connectivity index (χ2n) is 3.68. The molecule has 0 spiro atoms. The number of hydrogen-bond donors (Lipinski definition) is 0. The van der Waals surface area contributed by atoms with E-state index in [0.29, 0.717) is 11.7 Å². The summed E-state index contributed by atoms with van der Waals surface area (Å²) in [5.74, 6) is -1.54. The predicted octanol–water partition coefficient (Wildman–Crippen LogP) is 0.547. The molecular weight excluding hydrogens is 258 g/mol. The summed E-state index contributed by atoms with van der Waals surface area (Å²) in [7, 11) is 0. The summed E-state index contributed by atoms with van der Waals surface area (Å²) in [6.45, 7) is 1.92. The summed E-state index contributed by atoms with van der Waals surface area (Å²) in [6, 6.07) is 0. The van der Waals surface area contributed by atoms with Crippen LogP contribution in [0.4, 0.5) is 4.79 Å². The molecule has 0 aromatic carbocycles. The lowest BCUT2D eigenvalue weighted by Crippen LogP contribution is -2.32. The van der Waals surface area contributed by atoms with E-state index in [1.165, 1.54) is 0 Å². The Morgan fingerprint density at radius 3 is 2.37 bits per heavy atom. The lowest BCUT2D eigenvalue weighted by atomic mass is 10.3. The number of hydroxylamine groups is 2. The number of carbonyl (C=O) groups is 4. The Bertz CT molecular complexity index is 363. The molecule has 0 aromatic rings. The monoisotopic (exact) mass is 273 g/mol. The molecule has 1 fully saturated rings. The highest BCUT2D eigenvalue weighted by Crippen LogP contribution is 2.12. The van der Waals surface area contributed by atoms with E-state index >= 15 is 0 Å². The number of ether oxygens (including phenoxy) is 2. The topological polar surface area (TPSA) is 99.2 Å². The third kappa shape index (κ3) is 4.94. The molecule has 1 rings (SSSR count). The number of rotatable bonds is 6. The summed E-state index contributed by atoms with van der Waals surface area (Å²) in [5.41, 5.74) is 0. The number of esters is 1. The SMILES string of the molecule is CCOC(=O)CCCOC(=O)ON1C(=O)CCC1=O. The third-order valence-corrected chi connectivity index (χ3v) is 2.22. The first-order chi connectivity index (χ1) is 9.04. The van der Waals surface area contributed by atoms with E-state index in [4.69, 9.17) is 0 Å². The fourth-order valence-corrected chi connectivity index (χ4v) is 1.36. The van der Waals surface area contributed by atoms with Crippen LogP contribution >= 0.6 is 0 Å². The highest BCUT2D eigenvalue weighted by molar-refractivity contribution is 6.01. The Hall–Kier alpha value is -2.12. The highest BCUT2D eigenvalue weighted by atomic mass is 16.8. The van der Waals surface area contributed by atoms with Crippen LogP contribution in [0.15, 0.2) is 0 Å². The van der Waals surface area contributed by atoms with Crippen molar-refractivity contribution >= 4 is 23.9 Å². The molecule has 0 atom stereocenters. The quantitative estimate of drug-likeness (QED) is 0.395. The van der Waals surface area contributed by atoms with Gasteiger partial charge in [0.25, 0.3) is 11.8 Å². The van der Waals surface area contributed by atoms with Crippen molar-refractivity contribution in [2.75, 3.05) is 13.2 Å². The number of hydrogen-bond acceptors (Lipinski definition) is 7. The van der Waals surface area contributed by atoms with Crippen LogP contribution in [-0.4, -0.2) is 42.2 Å². The van der Waals surface area contributed by atoms with Crippen molar-refractivity contribution in [3.8, 4) is 0 Å². The van der Waals surface area contributed by atoms with Crippen LogP contribution < -0.4 is 0 Å². The minimum Gasteiger partial charge on any atom is -0.466 e. The summed E-state index contributed by atoms with van der Waals surface area (Å²) in [6.07, 6.45) is -0.713. The van der Waals surface area contributed by atoms with Crippen LogP contribution in [0.5, 0.6) is 0 Å². The molecule has 0 radical (unpaired) electrons. The van der Waals surface area contributed by atoms with E-state index in [9.17, 15) is 19.2 Å². The van der Waals surface area contributed by atoms with Gasteiger partial charge in [-0.2, -0.15) is 0 Å². The molecule has 0 saturated carbocycles. The van der Waals surface area contributed by atoms with Gasteiger partial charge in [-0.15, -0.1) is 0 Å². The molecule has 106 valence electrons. The van der Waals surface area contributed by atoms with E-state index in [1.54, 1.807) is 6.92 Å². The number of carbonyl (C=O) groups excluding carboxylic acids is 4. The zero-order valence-corrected chi connectivity index (χ0v) is 10.5. The van der Waals surface area contributed by atoms with Gasteiger partial charge in [-0.05, 0) is 13.3 Å². The van der Waals surface area contributed by atoms with E-state index in [2.05, 4.69) is 14.3 Å². The summed E-state index contributed by atoms with van der Waals surface area (Å²) < 4.78 is 9.29. The van der Waals surface area contributed by atoms with Crippen LogP contribution in [0.2, 0.25) is 0 Å². The zero-order chi connectivity index (χ0) is 14.3. The first-order valence-corrected chi connectivity index (χ1v) is 5.90. The molecule has 1 aliphatic heterocycles. The van der Waals surface area contributed by atoms with Crippen molar-refractivity contribution < 1.29 is 33.5 Å². The molecule has 0 bridgehead atoms. The lowest BCUT2D eigenvalue weighted by molar-refractivity contribution is -0.177. The maximum atomic E-state index is 11.2. The lowest BCUT2D eigenvalue weighted by Gasteiger charge is -2.12. The highest BCUT2D eigenvalue weighted by Gasteiger charge is 2.33. The average molecular weight is 273 g/mol. The average Bonchev–Trinajstić information content (AvgIpc) is 2.67. The number of amides is 2. The third-order valence-electron chi connectivity index (χ3n) is 2.22. The summed E-state index contributed by atoms with van der Waals surface area (Å²) >= 11 is 0. The molecule has 1 saturated heterocycles. The maximum Gasteiger partial charge on any atom is 0.533 e. The molecule has 0 unspecified atom stereocenters. The summed E-state index contributed by atoms with van der Waals surface area (Å²) in [5, 5.41) is 0.397. The van der Waals surface area contributed by atoms with Gasteiger partial charge in [0.1, 0.15) is 0 Å². The van der Waals surface area contributed by atoms with E-state index in [0.717, 1.165) is 0 Å². The standard InChI is InChI=1S/C11H15NO7/c1-2-17-10(15)4-3-7-18-11(16)19-12-8(13)5-6-9(12)14/h2-7H2,1H3. The van der Waals surface area contributed by atoms with Crippen LogP contribution in [0.1, 0.15) is 32.6 Å². The van der Waals surface area contributed by atoms with Crippen molar-refractivity contribution in [2.45, 2.75) is 32.6 Å². The predicted molar refractivity (Wildman–Crippen MR) is 59.4 cm³/mol. The van der Waals surface area contributed by atoms with Gasteiger partial charge < -0.3 is 9.47 Å². The molecule has 19 heavy (non-hydrogen) atoms. The van der Waals surface area contributed by atoms with Gasteiger partial charge in [-0.1, -0.05) is 5.06 Å². The van der Waals surface area contributed by atoms with Gasteiger partial charge >= 0.3 is 12.1 Å². The molecule has 1 aliphatic rings. The molecule has 8 nitrogen and oxygen atoms in total. The van der Waals surface area contributed by atoms with Crippen molar-refractivity contribution in [2.24, 2.45) is 0 Å². The van der Waals surface area contributed by atoms with Gasteiger partial charge in [0.2, 0.25) is 0 Å². The first kappa shape index (κ1) is 14.9. The Labute approximate surface area is 109 Å². The Morgan fingerprint density at radius 2 is 1.79 bits per heavy atom. The Morgan fingerprint density at radius 1 is 1.16 bits per heavy atom. The van der Waals surface area contributed by atoms with Crippen LogP contribution in [0.25, 0.3) is 0 Å². The number of nitrogens with zero attached hydrogens (tertiary/aromatic N) is 1. The molecule has 0 aromatic heterocycles. The fourth-order valence-electron chi connectivity index (χ4n) is 1.36. The van der Waals surface area contributed by atoms with Crippen molar-refractivity contribution in [3.63, 3.8) is 0 Å². The molecular formula is C11H15NO7. The Kier molecular flexibility index (Phi) is 5.77. The van der Waals surface area contributed by atoms with Crippen molar-refractivity contribution in [1.29, 1.82) is 0 Å². The Balaban J connectivity index is 2.16. The minimum atomic E-state index is -1.15. The van der Waals surface area contributed by atoms with Gasteiger partial charge in [-0.3, -0.25) is 19.2 Å². The van der Waals surface area contributed by atoms with E-state index in [-0.39, 0.29) is 38.3 Å². The molecule has 1 heterocycles. The minimum absolute atomic E-state index is 0.0228. The van der Waals surface area contributed by atoms with Gasteiger partial charge in [-0.25, -0.2) is 4.79 Å². The van der Waals surface area contributed by atoms with E-state index in [1.807, 2.05) is 0 Å². The van der Waals surface area contributed by atoms with Crippen LogP contribution in [0.3, 0.4) is 0 Å². The van der Waals surface area contributed by atoms with Crippen molar-refractivity contribution in [3.05, 3.63) is 0 Å². The zero-order valence-electron chi connectivity index (χ0n) is 10.5. The second-order valence-corrected chi connectivity index (χ2v) is 3.68. The second kappa shape index (κ2) is 7.34. The van der Waals surface area contributed by atoms with Crippen LogP contribution in [0, 0.1) is 0 Å². The summed E-state index contributed by atoms with van der Waals surface area (Å²) in [4.78, 5) is 48.8. The normalized spacial score (nSPS) is 14.5. The van der Waals surface area contributed by atoms with Crippen molar-refractivity contribution in [1.82, 2.24) is 5.06 Å². The fraction of sp³-hybridized carbons (Fsp3) is 0.636. The largest absolute Gasteiger partial charge is 0.533 e. The van der Waals surface area contributed by atoms with Gasteiger partial charge in [0.15, 0.2) is 0 Å². The molecule has 0 aliphatic carbocycles. The van der Waals surface area contributed by atoms with Gasteiger partial charge in [0, 0.05) is 19.3 Å². The smallest absolute Gasteiger partial charge is 0.466 e.